The van der Waals surface area contributed by atoms with Crippen molar-refractivity contribution in [3.05, 3.63) is 29.7 Å². The van der Waals surface area contributed by atoms with Crippen LogP contribution in [0.1, 0.15) is 24.4 Å². The zero-order chi connectivity index (χ0) is 10.1. The van der Waals surface area contributed by atoms with Crippen LogP contribution in [0.5, 0.6) is 0 Å². The molecular formula is C10H13N3O. The molecule has 0 aliphatic carbocycles. The number of hydrogen-bond donors (Lipinski definition) is 0. The highest BCUT2D eigenvalue weighted by Gasteiger charge is 2.11. The lowest BCUT2D eigenvalue weighted by Gasteiger charge is -2.06. The van der Waals surface area contributed by atoms with Gasteiger partial charge in [-0.3, -0.25) is 4.40 Å². The van der Waals surface area contributed by atoms with Crippen LogP contribution in [0.4, 0.5) is 0 Å². The lowest BCUT2D eigenvalue weighted by molar-refractivity contribution is 0.111. The molecule has 0 N–H and O–H groups in total. The summed E-state index contributed by atoms with van der Waals surface area (Å²) in [4.78, 5) is 0. The molecule has 0 radical (unpaired) electrons. The Hall–Kier alpha value is -1.42. The van der Waals surface area contributed by atoms with E-state index < -0.39 is 0 Å². The predicted molar refractivity (Wildman–Crippen MR) is 53.1 cm³/mol. The van der Waals surface area contributed by atoms with E-state index in [0.29, 0.717) is 0 Å². The molecule has 0 saturated heterocycles. The van der Waals surface area contributed by atoms with Gasteiger partial charge >= 0.3 is 0 Å². The fourth-order valence-electron chi connectivity index (χ4n) is 1.39. The minimum atomic E-state index is -0.0345. The SMILES string of the molecule is COC(C)c1nnc2cc(C)ccn12. The van der Waals surface area contributed by atoms with Crippen molar-refractivity contribution in [2.75, 3.05) is 7.11 Å². The van der Waals surface area contributed by atoms with E-state index in [0.717, 1.165) is 11.5 Å². The zero-order valence-electron chi connectivity index (χ0n) is 8.56. The highest BCUT2D eigenvalue weighted by atomic mass is 16.5. The van der Waals surface area contributed by atoms with Crippen molar-refractivity contribution >= 4 is 5.65 Å². The highest BCUT2D eigenvalue weighted by molar-refractivity contribution is 5.40. The Labute approximate surface area is 82.5 Å². The number of hydrogen-bond acceptors (Lipinski definition) is 3. The molecule has 2 rings (SSSR count). The molecule has 0 saturated carbocycles. The van der Waals surface area contributed by atoms with Gasteiger partial charge in [0.15, 0.2) is 11.5 Å². The fourth-order valence-corrected chi connectivity index (χ4v) is 1.39. The Morgan fingerprint density at radius 3 is 2.93 bits per heavy atom. The smallest absolute Gasteiger partial charge is 0.166 e. The molecule has 2 aromatic rings. The van der Waals surface area contributed by atoms with Crippen LogP contribution in [0.15, 0.2) is 18.3 Å². The second-order valence-corrected chi connectivity index (χ2v) is 3.37. The zero-order valence-corrected chi connectivity index (χ0v) is 8.56. The van der Waals surface area contributed by atoms with Gasteiger partial charge in [-0.05, 0) is 31.5 Å². The van der Waals surface area contributed by atoms with Gasteiger partial charge in [-0.15, -0.1) is 10.2 Å². The molecule has 0 spiro atoms. The monoisotopic (exact) mass is 191 g/mol. The van der Waals surface area contributed by atoms with Gasteiger partial charge in [0.1, 0.15) is 6.10 Å². The number of ether oxygens (including phenoxy) is 1. The molecule has 0 bridgehead atoms. The summed E-state index contributed by atoms with van der Waals surface area (Å²) in [6.07, 6.45) is 1.93. The van der Waals surface area contributed by atoms with Crippen LogP contribution in [0.2, 0.25) is 0 Å². The van der Waals surface area contributed by atoms with Gasteiger partial charge in [0, 0.05) is 13.3 Å². The third kappa shape index (κ3) is 1.37. The Bertz CT molecular complexity index is 450. The average molecular weight is 191 g/mol. The number of pyridine rings is 1. The van der Waals surface area contributed by atoms with Crippen LogP contribution in [0.25, 0.3) is 5.65 Å². The largest absolute Gasteiger partial charge is 0.374 e. The van der Waals surface area contributed by atoms with E-state index in [4.69, 9.17) is 4.74 Å². The first kappa shape index (κ1) is 9.15. The second kappa shape index (κ2) is 3.38. The first-order valence-electron chi connectivity index (χ1n) is 4.56. The quantitative estimate of drug-likeness (QED) is 0.726. The number of methoxy groups -OCH3 is 1. The first-order valence-corrected chi connectivity index (χ1v) is 4.56. The third-order valence-corrected chi connectivity index (χ3v) is 2.31. The van der Waals surface area contributed by atoms with Crippen molar-refractivity contribution in [2.24, 2.45) is 0 Å². The maximum atomic E-state index is 5.21. The Morgan fingerprint density at radius 1 is 1.43 bits per heavy atom. The van der Waals surface area contributed by atoms with Crippen LogP contribution in [0.3, 0.4) is 0 Å². The van der Waals surface area contributed by atoms with Crippen LogP contribution < -0.4 is 0 Å². The summed E-state index contributed by atoms with van der Waals surface area (Å²) in [5.41, 5.74) is 2.05. The van der Waals surface area contributed by atoms with Crippen molar-refractivity contribution in [3.63, 3.8) is 0 Å². The van der Waals surface area contributed by atoms with Crippen molar-refractivity contribution in [2.45, 2.75) is 20.0 Å². The molecule has 2 heterocycles. The minimum absolute atomic E-state index is 0.0345. The van der Waals surface area contributed by atoms with Gasteiger partial charge in [0.05, 0.1) is 0 Å². The predicted octanol–water partition coefficient (Wildman–Crippen LogP) is 1.75. The van der Waals surface area contributed by atoms with Gasteiger partial charge in [0.25, 0.3) is 0 Å². The van der Waals surface area contributed by atoms with Crippen LogP contribution in [0, 0.1) is 6.92 Å². The molecule has 4 nitrogen and oxygen atoms in total. The molecule has 1 unspecified atom stereocenters. The van der Waals surface area contributed by atoms with E-state index in [-0.39, 0.29) is 6.10 Å². The van der Waals surface area contributed by atoms with Crippen molar-refractivity contribution in [1.82, 2.24) is 14.6 Å². The summed E-state index contributed by atoms with van der Waals surface area (Å²) < 4.78 is 7.16. The Balaban J connectivity index is 2.58. The molecule has 14 heavy (non-hydrogen) atoms. The standard InChI is InChI=1S/C10H13N3O/c1-7-4-5-13-9(6-7)11-12-10(13)8(2)14-3/h4-6,8H,1-3H3. The maximum absolute atomic E-state index is 5.21. The Kier molecular flexibility index (Phi) is 2.21. The molecule has 1 atom stereocenters. The van der Waals surface area contributed by atoms with Crippen molar-refractivity contribution in [3.8, 4) is 0 Å². The summed E-state index contributed by atoms with van der Waals surface area (Å²) in [7, 11) is 1.67. The molecule has 4 heteroatoms. The molecule has 2 aromatic heterocycles. The molecule has 0 aliphatic rings. The molecule has 74 valence electrons. The summed E-state index contributed by atoms with van der Waals surface area (Å²) in [5, 5.41) is 8.18. The van der Waals surface area contributed by atoms with Crippen LogP contribution in [-0.4, -0.2) is 21.7 Å². The molecule has 0 aromatic carbocycles. The maximum Gasteiger partial charge on any atom is 0.166 e. The molecular weight excluding hydrogens is 178 g/mol. The average Bonchev–Trinajstić information content (AvgIpc) is 2.59. The van der Waals surface area contributed by atoms with E-state index in [9.17, 15) is 0 Å². The van der Waals surface area contributed by atoms with E-state index in [1.165, 1.54) is 5.56 Å². The summed E-state index contributed by atoms with van der Waals surface area (Å²) in [6.45, 7) is 3.99. The second-order valence-electron chi connectivity index (χ2n) is 3.37. The highest BCUT2D eigenvalue weighted by Crippen LogP contribution is 2.15. The van der Waals surface area contributed by atoms with E-state index in [1.807, 2.05) is 36.6 Å². The number of fused-ring (bicyclic) bond motifs is 1. The third-order valence-electron chi connectivity index (χ3n) is 2.31. The van der Waals surface area contributed by atoms with Gasteiger partial charge in [-0.25, -0.2) is 0 Å². The van der Waals surface area contributed by atoms with Crippen LogP contribution in [-0.2, 0) is 4.74 Å². The topological polar surface area (TPSA) is 39.4 Å². The van der Waals surface area contributed by atoms with Crippen molar-refractivity contribution < 1.29 is 4.74 Å². The Morgan fingerprint density at radius 2 is 2.21 bits per heavy atom. The first-order chi connectivity index (χ1) is 6.72. The fraction of sp³-hybridized carbons (Fsp3) is 0.400. The number of aryl methyl sites for hydroxylation is 1. The number of rotatable bonds is 2. The summed E-state index contributed by atoms with van der Waals surface area (Å²) in [6, 6.07) is 4.03. The van der Waals surface area contributed by atoms with Crippen molar-refractivity contribution in [1.29, 1.82) is 0 Å². The lowest BCUT2D eigenvalue weighted by atomic mass is 10.3. The molecule has 0 fully saturated rings. The number of aromatic nitrogens is 3. The van der Waals surface area contributed by atoms with Gasteiger partial charge in [0.2, 0.25) is 0 Å². The number of nitrogens with zero attached hydrogens (tertiary/aromatic N) is 3. The van der Waals surface area contributed by atoms with Gasteiger partial charge in [-0.1, -0.05) is 0 Å². The molecule has 0 amide bonds. The molecule has 0 aliphatic heterocycles. The van der Waals surface area contributed by atoms with Gasteiger partial charge in [-0.2, -0.15) is 0 Å². The lowest BCUT2D eigenvalue weighted by Crippen LogP contribution is -2.02. The van der Waals surface area contributed by atoms with E-state index in [2.05, 4.69) is 10.2 Å². The van der Waals surface area contributed by atoms with E-state index in [1.54, 1.807) is 7.11 Å². The summed E-state index contributed by atoms with van der Waals surface area (Å²) in [5.74, 6) is 0.836. The van der Waals surface area contributed by atoms with Gasteiger partial charge < -0.3 is 4.74 Å². The normalized spacial score (nSPS) is 13.4. The summed E-state index contributed by atoms with van der Waals surface area (Å²) >= 11 is 0. The minimum Gasteiger partial charge on any atom is -0.374 e. The van der Waals surface area contributed by atoms with E-state index >= 15 is 0 Å². The van der Waals surface area contributed by atoms with Crippen LogP contribution >= 0.6 is 0 Å².